The number of nitrogens with one attached hydrogen (secondary N) is 1. The third-order valence-electron chi connectivity index (χ3n) is 3.35. The van der Waals surface area contributed by atoms with Crippen molar-refractivity contribution in [2.45, 2.75) is 13.1 Å². The van der Waals surface area contributed by atoms with E-state index in [4.69, 9.17) is 11.0 Å². The summed E-state index contributed by atoms with van der Waals surface area (Å²) in [6.07, 6.45) is -3.23. The Morgan fingerprint density at radius 3 is 2.71 bits per heavy atom. The average molecular weight is 332 g/mol. The molecular formula is C15H11F3N6. The van der Waals surface area contributed by atoms with Gasteiger partial charge >= 0.3 is 6.18 Å². The van der Waals surface area contributed by atoms with E-state index in [1.807, 2.05) is 6.07 Å². The lowest BCUT2D eigenvalue weighted by Crippen LogP contribution is -2.10. The van der Waals surface area contributed by atoms with Crippen molar-refractivity contribution in [1.82, 2.24) is 14.6 Å². The van der Waals surface area contributed by atoms with Gasteiger partial charge in [0.05, 0.1) is 23.1 Å². The van der Waals surface area contributed by atoms with Gasteiger partial charge in [0.1, 0.15) is 6.07 Å². The largest absolute Gasteiger partial charge is 0.418 e. The Hall–Kier alpha value is -3.28. The third-order valence-corrected chi connectivity index (χ3v) is 3.35. The highest BCUT2D eigenvalue weighted by Crippen LogP contribution is 2.36. The number of alkyl halides is 3. The predicted molar refractivity (Wildman–Crippen MR) is 81.6 cm³/mol. The predicted octanol–water partition coefficient (Wildman–Crippen LogP) is 3.25. The number of nitrogen functional groups attached to an aromatic ring is 1. The van der Waals surface area contributed by atoms with E-state index in [9.17, 15) is 13.2 Å². The molecule has 0 saturated heterocycles. The van der Waals surface area contributed by atoms with Crippen LogP contribution in [0.25, 0.3) is 5.65 Å². The minimum absolute atomic E-state index is 0.0746. The summed E-state index contributed by atoms with van der Waals surface area (Å²) in [5.74, 6) is 0.0746. The first-order valence-electron chi connectivity index (χ1n) is 6.79. The first kappa shape index (κ1) is 15.6. The molecule has 0 radical (unpaired) electrons. The number of rotatable bonds is 2. The quantitative estimate of drug-likeness (QED) is 0.751. The van der Waals surface area contributed by atoms with Crippen molar-refractivity contribution >= 4 is 22.8 Å². The molecule has 0 spiro atoms. The second-order valence-electron chi connectivity index (χ2n) is 5.15. The van der Waals surface area contributed by atoms with E-state index >= 15 is 0 Å². The van der Waals surface area contributed by atoms with Gasteiger partial charge in [0, 0.05) is 6.07 Å². The number of nitriles is 1. The third kappa shape index (κ3) is 2.69. The van der Waals surface area contributed by atoms with Crippen molar-refractivity contribution in [2.75, 3.05) is 11.1 Å². The Bertz CT molecular complexity index is 968. The van der Waals surface area contributed by atoms with Crippen LogP contribution in [0.2, 0.25) is 0 Å². The molecule has 3 N–H and O–H groups in total. The summed E-state index contributed by atoms with van der Waals surface area (Å²) in [4.78, 5) is 3.95. The summed E-state index contributed by atoms with van der Waals surface area (Å²) in [6, 6.07) is 6.99. The molecule has 0 amide bonds. The number of aromatic nitrogens is 3. The number of hydrogen-bond donors (Lipinski definition) is 2. The lowest BCUT2D eigenvalue weighted by molar-refractivity contribution is -0.136. The fourth-order valence-corrected chi connectivity index (χ4v) is 2.28. The Morgan fingerprint density at radius 2 is 2.04 bits per heavy atom. The van der Waals surface area contributed by atoms with Crippen LogP contribution in [0.3, 0.4) is 0 Å². The highest BCUT2D eigenvalue weighted by molar-refractivity contribution is 5.71. The topological polar surface area (TPSA) is 92.0 Å². The molecule has 24 heavy (non-hydrogen) atoms. The molecule has 0 fully saturated rings. The summed E-state index contributed by atoms with van der Waals surface area (Å²) < 4.78 is 40.6. The summed E-state index contributed by atoms with van der Waals surface area (Å²) in [5.41, 5.74) is 6.10. The van der Waals surface area contributed by atoms with E-state index in [-0.39, 0.29) is 28.5 Å². The van der Waals surface area contributed by atoms with Crippen LogP contribution in [0.1, 0.15) is 16.8 Å². The molecule has 0 unspecified atom stereocenters. The zero-order valence-corrected chi connectivity index (χ0v) is 12.4. The van der Waals surface area contributed by atoms with Crippen molar-refractivity contribution in [3.63, 3.8) is 0 Å². The summed E-state index contributed by atoms with van der Waals surface area (Å²) in [7, 11) is 0. The molecule has 0 bridgehead atoms. The van der Waals surface area contributed by atoms with Gasteiger partial charge in [0.15, 0.2) is 17.2 Å². The molecule has 3 aromatic rings. The Kier molecular flexibility index (Phi) is 3.52. The highest BCUT2D eigenvalue weighted by Gasteiger charge is 2.33. The van der Waals surface area contributed by atoms with Crippen LogP contribution in [-0.4, -0.2) is 14.6 Å². The van der Waals surface area contributed by atoms with Crippen LogP contribution < -0.4 is 11.1 Å². The first-order chi connectivity index (χ1) is 11.3. The number of imidazole rings is 1. The Balaban J connectivity index is 2.11. The molecule has 2 aromatic heterocycles. The maximum atomic E-state index is 13.1. The second kappa shape index (κ2) is 5.42. The molecule has 0 saturated carbocycles. The minimum atomic E-state index is -4.52. The maximum Gasteiger partial charge on any atom is 0.418 e. The molecule has 3 rings (SSSR count). The number of benzene rings is 1. The van der Waals surface area contributed by atoms with Crippen molar-refractivity contribution in [2.24, 2.45) is 0 Å². The van der Waals surface area contributed by atoms with Crippen molar-refractivity contribution in [1.29, 1.82) is 5.26 Å². The molecule has 9 heteroatoms. The highest BCUT2D eigenvalue weighted by atomic mass is 19.4. The number of anilines is 3. The zero-order valence-electron chi connectivity index (χ0n) is 12.4. The summed E-state index contributed by atoms with van der Waals surface area (Å²) in [5, 5.41) is 15.7. The standard InChI is InChI=1S/C15H11F3N6/c1-8-2-3-10(15(16,17)18)12(4-8)22-13-5-11(20)14-21-7-9(6-19)24(14)23-13/h2-5,7H,20H2,1H3,(H,22,23). The van der Waals surface area contributed by atoms with Crippen LogP contribution in [0, 0.1) is 18.3 Å². The van der Waals surface area contributed by atoms with Gasteiger partial charge < -0.3 is 11.1 Å². The maximum absolute atomic E-state index is 13.1. The Labute approximate surface area is 134 Å². The van der Waals surface area contributed by atoms with E-state index in [0.29, 0.717) is 5.56 Å². The van der Waals surface area contributed by atoms with E-state index in [2.05, 4.69) is 15.4 Å². The molecule has 2 heterocycles. The Morgan fingerprint density at radius 1 is 1.29 bits per heavy atom. The second-order valence-corrected chi connectivity index (χ2v) is 5.15. The van der Waals surface area contributed by atoms with Crippen molar-refractivity contribution < 1.29 is 13.2 Å². The monoisotopic (exact) mass is 332 g/mol. The zero-order chi connectivity index (χ0) is 17.5. The first-order valence-corrected chi connectivity index (χ1v) is 6.79. The van der Waals surface area contributed by atoms with Gasteiger partial charge in [-0.2, -0.15) is 22.9 Å². The van der Waals surface area contributed by atoms with Gasteiger partial charge in [-0.1, -0.05) is 6.07 Å². The van der Waals surface area contributed by atoms with Gasteiger partial charge in [0.25, 0.3) is 0 Å². The van der Waals surface area contributed by atoms with Gasteiger partial charge in [-0.25, -0.2) is 4.98 Å². The molecular weight excluding hydrogens is 321 g/mol. The molecule has 1 aromatic carbocycles. The number of hydrogen-bond acceptors (Lipinski definition) is 5. The number of nitrogens with zero attached hydrogens (tertiary/aromatic N) is 4. The molecule has 0 aliphatic heterocycles. The fourth-order valence-electron chi connectivity index (χ4n) is 2.28. The van der Waals surface area contributed by atoms with E-state index in [1.165, 1.54) is 28.9 Å². The lowest BCUT2D eigenvalue weighted by atomic mass is 10.1. The van der Waals surface area contributed by atoms with E-state index < -0.39 is 11.7 Å². The number of fused-ring (bicyclic) bond motifs is 1. The van der Waals surface area contributed by atoms with E-state index in [0.717, 1.165) is 6.07 Å². The minimum Gasteiger partial charge on any atom is -0.396 e. The smallest absolute Gasteiger partial charge is 0.396 e. The lowest BCUT2D eigenvalue weighted by Gasteiger charge is -2.15. The van der Waals surface area contributed by atoms with Crippen molar-refractivity contribution in [3.05, 3.63) is 47.3 Å². The number of nitrogens with two attached hydrogens (primary N) is 1. The number of aryl methyl sites for hydroxylation is 1. The summed E-state index contributed by atoms with van der Waals surface area (Å²) in [6.45, 7) is 1.68. The number of halogens is 3. The average Bonchev–Trinajstić information content (AvgIpc) is 2.89. The molecule has 6 nitrogen and oxygen atoms in total. The molecule has 0 aliphatic rings. The van der Waals surface area contributed by atoms with Gasteiger partial charge in [0.2, 0.25) is 0 Å². The van der Waals surface area contributed by atoms with Crippen LogP contribution in [0.15, 0.2) is 30.5 Å². The van der Waals surface area contributed by atoms with Crippen molar-refractivity contribution in [3.8, 4) is 6.07 Å². The van der Waals surface area contributed by atoms with E-state index in [1.54, 1.807) is 6.92 Å². The van der Waals surface area contributed by atoms with Crippen LogP contribution in [0.4, 0.5) is 30.4 Å². The van der Waals surface area contributed by atoms with Gasteiger partial charge in [-0.3, -0.25) is 0 Å². The van der Waals surface area contributed by atoms with Gasteiger partial charge in [-0.05, 0) is 24.6 Å². The van der Waals surface area contributed by atoms with Crippen LogP contribution in [-0.2, 0) is 6.18 Å². The molecule has 122 valence electrons. The molecule has 0 atom stereocenters. The van der Waals surface area contributed by atoms with Crippen LogP contribution in [0.5, 0.6) is 0 Å². The van der Waals surface area contributed by atoms with Gasteiger partial charge in [-0.15, -0.1) is 5.10 Å². The normalized spacial score (nSPS) is 11.5. The SMILES string of the molecule is Cc1ccc(C(F)(F)F)c(Nc2cc(N)c3ncc(C#N)n3n2)c1. The van der Waals surface area contributed by atoms with Crippen LogP contribution >= 0.6 is 0 Å². The summed E-state index contributed by atoms with van der Waals surface area (Å²) >= 11 is 0. The fraction of sp³-hybridized carbons (Fsp3) is 0.133. The molecule has 0 aliphatic carbocycles.